The lowest BCUT2D eigenvalue weighted by Gasteiger charge is -2.10. The van der Waals surface area contributed by atoms with Crippen molar-refractivity contribution in [1.29, 1.82) is 0 Å². The molecule has 0 spiro atoms. The smallest absolute Gasteiger partial charge is 0.306 e. The number of carboxylic acids is 1. The predicted octanol–water partition coefficient (Wildman–Crippen LogP) is 2.99. The lowest BCUT2D eigenvalue weighted by Crippen LogP contribution is -2.12. The molecule has 0 aromatic heterocycles. The van der Waals surface area contributed by atoms with Crippen LogP contribution >= 0.6 is 0 Å². The second-order valence-electron chi connectivity index (χ2n) is 3.73. The third-order valence-electron chi connectivity index (χ3n) is 2.61. The van der Waals surface area contributed by atoms with E-state index >= 15 is 0 Å². The number of hydrogen-bond acceptors (Lipinski definition) is 1. The first-order valence-electron chi connectivity index (χ1n) is 5.18. The summed E-state index contributed by atoms with van der Waals surface area (Å²) in [5.74, 6) is -0.778. The van der Waals surface area contributed by atoms with E-state index in [0.29, 0.717) is 0 Å². The predicted molar refractivity (Wildman–Crippen MR) is 52.6 cm³/mol. The van der Waals surface area contributed by atoms with Crippen molar-refractivity contribution in [1.82, 2.24) is 0 Å². The topological polar surface area (TPSA) is 37.3 Å². The van der Waals surface area contributed by atoms with E-state index in [4.69, 9.17) is 5.11 Å². The van der Waals surface area contributed by atoms with Gasteiger partial charge in [0.2, 0.25) is 0 Å². The average Bonchev–Trinajstić information content (AvgIpc) is 2.14. The first-order chi connectivity index (χ1) is 6.30. The van der Waals surface area contributed by atoms with Gasteiger partial charge in [-0.15, -0.1) is 0 Å². The Morgan fingerprint density at radius 3 is 2.69 bits per heavy atom. The van der Waals surface area contributed by atoms with Gasteiger partial charge in [0, 0.05) is 0 Å². The summed E-state index contributed by atoms with van der Waals surface area (Å²) in [7, 11) is 0. The molecule has 1 aliphatic carbocycles. The zero-order valence-electron chi connectivity index (χ0n) is 8.04. The van der Waals surface area contributed by atoms with E-state index in [-0.39, 0.29) is 5.92 Å². The summed E-state index contributed by atoms with van der Waals surface area (Å²) in [6.07, 6.45) is 11.6. The third kappa shape index (κ3) is 4.11. The van der Waals surface area contributed by atoms with Crippen LogP contribution in [0.2, 0.25) is 0 Å². The van der Waals surface area contributed by atoms with Gasteiger partial charge in [0.05, 0.1) is 5.92 Å². The second-order valence-corrected chi connectivity index (χ2v) is 3.73. The molecule has 1 rings (SSSR count). The summed E-state index contributed by atoms with van der Waals surface area (Å²) in [6, 6.07) is 0. The highest BCUT2D eigenvalue weighted by Crippen LogP contribution is 2.17. The molecule has 0 radical (unpaired) electrons. The molecule has 0 aliphatic heterocycles. The fourth-order valence-corrected chi connectivity index (χ4v) is 1.73. The molecule has 74 valence electrons. The van der Waals surface area contributed by atoms with Crippen molar-refractivity contribution in [2.45, 2.75) is 44.9 Å². The second kappa shape index (κ2) is 5.79. The fraction of sp³-hybridized carbons (Fsp3) is 0.727. The molecule has 0 heterocycles. The summed E-state index contributed by atoms with van der Waals surface area (Å²) in [4.78, 5) is 10.8. The van der Waals surface area contributed by atoms with Gasteiger partial charge in [0.15, 0.2) is 0 Å². The van der Waals surface area contributed by atoms with Crippen LogP contribution in [0.25, 0.3) is 0 Å². The Labute approximate surface area is 79.6 Å². The van der Waals surface area contributed by atoms with Gasteiger partial charge in [-0.25, -0.2) is 0 Å². The van der Waals surface area contributed by atoms with Gasteiger partial charge < -0.3 is 5.11 Å². The molecule has 0 saturated carbocycles. The lowest BCUT2D eigenvalue weighted by molar-refractivity contribution is -0.141. The van der Waals surface area contributed by atoms with Crippen molar-refractivity contribution in [3.63, 3.8) is 0 Å². The summed E-state index contributed by atoms with van der Waals surface area (Å²) in [6.45, 7) is 0. The Balaban J connectivity index is 2.42. The summed E-state index contributed by atoms with van der Waals surface area (Å²) in [5, 5.41) is 8.88. The van der Waals surface area contributed by atoms with Gasteiger partial charge in [-0.2, -0.15) is 0 Å². The van der Waals surface area contributed by atoms with E-state index in [0.717, 1.165) is 25.7 Å². The molecule has 0 aromatic rings. The summed E-state index contributed by atoms with van der Waals surface area (Å²) < 4.78 is 0. The maximum Gasteiger partial charge on any atom is 0.306 e. The first kappa shape index (κ1) is 10.3. The van der Waals surface area contributed by atoms with E-state index in [2.05, 4.69) is 6.08 Å². The molecule has 1 N–H and O–H groups in total. The monoisotopic (exact) mass is 182 g/mol. The van der Waals surface area contributed by atoms with Crippen LogP contribution in [-0.2, 0) is 4.79 Å². The Kier molecular flexibility index (Phi) is 4.58. The number of allylic oxidation sites excluding steroid dienone is 2. The minimum absolute atomic E-state index is 0.144. The summed E-state index contributed by atoms with van der Waals surface area (Å²) in [5.41, 5.74) is 0. The maximum atomic E-state index is 10.8. The van der Waals surface area contributed by atoms with Crippen molar-refractivity contribution < 1.29 is 9.90 Å². The molecular formula is C11H18O2. The Bertz CT molecular complexity index is 185. The van der Waals surface area contributed by atoms with Gasteiger partial charge >= 0.3 is 5.97 Å². The normalized spacial score (nSPS) is 27.8. The number of aliphatic carboxylic acids is 1. The van der Waals surface area contributed by atoms with Gasteiger partial charge in [0.25, 0.3) is 0 Å². The highest BCUT2D eigenvalue weighted by molar-refractivity contribution is 5.70. The number of carbonyl (C=O) groups is 1. The van der Waals surface area contributed by atoms with Crippen LogP contribution in [-0.4, -0.2) is 11.1 Å². The van der Waals surface area contributed by atoms with E-state index in [9.17, 15) is 4.79 Å². The first-order valence-corrected chi connectivity index (χ1v) is 5.18. The minimum Gasteiger partial charge on any atom is -0.481 e. The molecule has 1 atom stereocenters. The largest absolute Gasteiger partial charge is 0.481 e. The molecule has 0 fully saturated rings. The zero-order chi connectivity index (χ0) is 9.52. The van der Waals surface area contributed by atoms with Crippen molar-refractivity contribution in [3.8, 4) is 0 Å². The number of rotatable bonds is 1. The molecule has 1 aliphatic rings. The maximum absolute atomic E-state index is 10.8. The SMILES string of the molecule is O=C(O)C1C/C=C\CCCCCC1. The van der Waals surface area contributed by atoms with Crippen molar-refractivity contribution in [2.75, 3.05) is 0 Å². The van der Waals surface area contributed by atoms with E-state index in [1.807, 2.05) is 6.08 Å². The van der Waals surface area contributed by atoms with Gasteiger partial charge in [-0.05, 0) is 25.7 Å². The van der Waals surface area contributed by atoms with Crippen LogP contribution < -0.4 is 0 Å². The molecule has 0 bridgehead atoms. The molecule has 0 aromatic carbocycles. The van der Waals surface area contributed by atoms with Gasteiger partial charge in [0.1, 0.15) is 0 Å². The van der Waals surface area contributed by atoms with Crippen LogP contribution in [0, 0.1) is 5.92 Å². The van der Waals surface area contributed by atoms with Crippen LogP contribution in [0.4, 0.5) is 0 Å². The van der Waals surface area contributed by atoms with E-state index in [1.54, 1.807) is 0 Å². The van der Waals surface area contributed by atoms with Crippen molar-refractivity contribution in [3.05, 3.63) is 12.2 Å². The van der Waals surface area contributed by atoms with Gasteiger partial charge in [-0.1, -0.05) is 31.4 Å². The van der Waals surface area contributed by atoms with Crippen molar-refractivity contribution in [2.24, 2.45) is 5.92 Å². The molecule has 1 unspecified atom stereocenters. The van der Waals surface area contributed by atoms with Crippen LogP contribution in [0.15, 0.2) is 12.2 Å². The van der Waals surface area contributed by atoms with Crippen molar-refractivity contribution >= 4 is 5.97 Å². The highest BCUT2D eigenvalue weighted by Gasteiger charge is 2.15. The molecule has 2 heteroatoms. The van der Waals surface area contributed by atoms with E-state index in [1.165, 1.54) is 19.3 Å². The Hall–Kier alpha value is -0.790. The van der Waals surface area contributed by atoms with Gasteiger partial charge in [-0.3, -0.25) is 4.79 Å². The number of hydrogen-bond donors (Lipinski definition) is 1. The van der Waals surface area contributed by atoms with E-state index < -0.39 is 5.97 Å². The molecular weight excluding hydrogens is 164 g/mol. The number of carboxylic acid groups (broad SMARTS) is 1. The quantitative estimate of drug-likeness (QED) is 0.633. The van der Waals surface area contributed by atoms with Crippen LogP contribution in [0.3, 0.4) is 0 Å². The Morgan fingerprint density at radius 1 is 1.15 bits per heavy atom. The Morgan fingerprint density at radius 2 is 1.92 bits per heavy atom. The van der Waals surface area contributed by atoms with Crippen LogP contribution in [0.1, 0.15) is 44.9 Å². The summed E-state index contributed by atoms with van der Waals surface area (Å²) >= 11 is 0. The zero-order valence-corrected chi connectivity index (χ0v) is 8.04. The highest BCUT2D eigenvalue weighted by atomic mass is 16.4. The molecule has 13 heavy (non-hydrogen) atoms. The minimum atomic E-state index is -0.634. The standard InChI is InChI=1S/C11H18O2/c12-11(13)10-8-6-4-2-1-3-5-7-9-10/h4,6,10H,1-3,5,7-9H2,(H,12,13)/b6-4-. The lowest BCUT2D eigenvalue weighted by atomic mass is 9.95. The van der Waals surface area contributed by atoms with Crippen LogP contribution in [0.5, 0.6) is 0 Å². The fourth-order valence-electron chi connectivity index (χ4n) is 1.73. The molecule has 0 amide bonds. The molecule has 0 saturated heterocycles. The molecule has 2 nitrogen and oxygen atoms in total. The third-order valence-corrected chi connectivity index (χ3v) is 2.61. The average molecular weight is 182 g/mol.